The summed E-state index contributed by atoms with van der Waals surface area (Å²) >= 11 is 3.17. The molecule has 0 atom stereocenters. The zero-order valence-electron chi connectivity index (χ0n) is 9.84. The molecule has 0 unspecified atom stereocenters. The number of nitrogens with zero attached hydrogens (tertiary/aromatic N) is 1. The number of rotatable bonds is 3. The largest absolute Gasteiger partial charge is 0.478 e. The molecule has 0 aliphatic rings. The van der Waals surface area contributed by atoms with E-state index >= 15 is 0 Å². The van der Waals surface area contributed by atoms with Crippen molar-refractivity contribution in [2.24, 2.45) is 0 Å². The van der Waals surface area contributed by atoms with E-state index in [0.717, 1.165) is 12.1 Å². The molecule has 5 nitrogen and oxygen atoms in total. The third-order valence-electron chi connectivity index (χ3n) is 2.61. The van der Waals surface area contributed by atoms with Gasteiger partial charge in [0.2, 0.25) is 0 Å². The molecule has 0 spiro atoms. The maximum Gasteiger partial charge on any atom is 0.335 e. The molecule has 0 bridgehead atoms. The van der Waals surface area contributed by atoms with Gasteiger partial charge in [0.25, 0.3) is 5.69 Å². The SMILES string of the molecule is O=C(O)c1cc(-c2cc(Br)ccc2F)cc([N+](=O)[O-])c1. The van der Waals surface area contributed by atoms with Crippen molar-refractivity contribution in [2.45, 2.75) is 0 Å². The standard InChI is InChI=1S/C13H7BrFNO4/c14-9-1-2-12(15)11(6-9)7-3-8(13(17)18)5-10(4-7)16(19)20/h1-6H,(H,17,18). The second kappa shape index (κ2) is 5.38. The molecule has 0 radical (unpaired) electrons. The number of halogens is 2. The Morgan fingerprint density at radius 1 is 1.25 bits per heavy atom. The summed E-state index contributed by atoms with van der Waals surface area (Å²) in [5.74, 6) is -1.91. The Kier molecular flexibility index (Phi) is 3.80. The Hall–Kier alpha value is -2.28. The molecule has 0 aliphatic carbocycles. The lowest BCUT2D eigenvalue weighted by Gasteiger charge is -2.06. The van der Waals surface area contributed by atoms with E-state index in [1.165, 1.54) is 24.3 Å². The molecule has 7 heteroatoms. The first-order valence-corrected chi connectivity index (χ1v) is 6.16. The van der Waals surface area contributed by atoms with Gasteiger partial charge in [-0.1, -0.05) is 15.9 Å². The quantitative estimate of drug-likeness (QED) is 0.680. The first-order chi connectivity index (χ1) is 9.38. The van der Waals surface area contributed by atoms with Crippen LogP contribution in [0.1, 0.15) is 10.4 Å². The second-order valence-corrected chi connectivity index (χ2v) is 4.87. The van der Waals surface area contributed by atoms with Crippen LogP contribution in [0.25, 0.3) is 11.1 Å². The summed E-state index contributed by atoms with van der Waals surface area (Å²) in [6.07, 6.45) is 0. The minimum atomic E-state index is -1.31. The molecule has 0 saturated carbocycles. The molecule has 20 heavy (non-hydrogen) atoms. The number of carboxylic acid groups (broad SMARTS) is 1. The highest BCUT2D eigenvalue weighted by Crippen LogP contribution is 2.30. The van der Waals surface area contributed by atoms with Gasteiger partial charge in [0.15, 0.2) is 0 Å². The maximum absolute atomic E-state index is 13.8. The average molecular weight is 340 g/mol. The zero-order chi connectivity index (χ0) is 14.9. The van der Waals surface area contributed by atoms with Crippen LogP contribution in [0.5, 0.6) is 0 Å². The van der Waals surface area contributed by atoms with E-state index in [2.05, 4.69) is 15.9 Å². The van der Waals surface area contributed by atoms with Gasteiger partial charge in [-0.15, -0.1) is 0 Å². The summed E-state index contributed by atoms with van der Waals surface area (Å²) in [7, 11) is 0. The highest BCUT2D eigenvalue weighted by atomic mass is 79.9. The van der Waals surface area contributed by atoms with Gasteiger partial charge >= 0.3 is 5.97 Å². The minimum absolute atomic E-state index is 0.0885. The van der Waals surface area contributed by atoms with Crippen LogP contribution in [-0.2, 0) is 0 Å². The summed E-state index contributed by atoms with van der Waals surface area (Å²) in [5.41, 5.74) is -0.450. The van der Waals surface area contributed by atoms with E-state index in [0.29, 0.717) is 4.47 Å². The molecule has 0 aliphatic heterocycles. The minimum Gasteiger partial charge on any atom is -0.478 e. The van der Waals surface area contributed by atoms with Crippen molar-refractivity contribution in [3.05, 3.63) is 62.4 Å². The first-order valence-electron chi connectivity index (χ1n) is 5.36. The van der Waals surface area contributed by atoms with Crippen LogP contribution in [0.3, 0.4) is 0 Å². The molecule has 0 amide bonds. The number of aromatic carboxylic acids is 1. The van der Waals surface area contributed by atoms with Gasteiger partial charge < -0.3 is 5.11 Å². The monoisotopic (exact) mass is 339 g/mol. The molecule has 2 aromatic rings. The third kappa shape index (κ3) is 2.83. The Labute approximate surface area is 120 Å². The fraction of sp³-hybridized carbons (Fsp3) is 0. The Morgan fingerprint density at radius 3 is 2.55 bits per heavy atom. The molecule has 2 aromatic carbocycles. The third-order valence-corrected chi connectivity index (χ3v) is 3.11. The lowest BCUT2D eigenvalue weighted by Crippen LogP contribution is -1.99. The highest BCUT2D eigenvalue weighted by Gasteiger charge is 2.16. The number of hydrogen-bond acceptors (Lipinski definition) is 3. The van der Waals surface area contributed by atoms with Gasteiger partial charge in [-0.05, 0) is 29.8 Å². The van der Waals surface area contributed by atoms with Crippen molar-refractivity contribution in [1.29, 1.82) is 0 Å². The molecule has 0 heterocycles. The predicted octanol–water partition coefficient (Wildman–Crippen LogP) is 3.86. The Balaban J connectivity index is 2.69. The van der Waals surface area contributed by atoms with Gasteiger partial charge in [-0.3, -0.25) is 10.1 Å². The average Bonchev–Trinajstić information content (AvgIpc) is 2.40. The van der Waals surface area contributed by atoms with Crippen molar-refractivity contribution < 1.29 is 19.2 Å². The van der Waals surface area contributed by atoms with Crippen molar-refractivity contribution >= 4 is 27.6 Å². The van der Waals surface area contributed by atoms with Crippen LogP contribution >= 0.6 is 15.9 Å². The van der Waals surface area contributed by atoms with Crippen LogP contribution in [0.15, 0.2) is 40.9 Å². The number of nitro benzene ring substituents is 1. The van der Waals surface area contributed by atoms with Gasteiger partial charge in [-0.25, -0.2) is 9.18 Å². The summed E-state index contributed by atoms with van der Waals surface area (Å²) < 4.78 is 14.4. The molecular weight excluding hydrogens is 333 g/mol. The summed E-state index contributed by atoms with van der Waals surface area (Å²) in [4.78, 5) is 21.1. The highest BCUT2D eigenvalue weighted by molar-refractivity contribution is 9.10. The van der Waals surface area contributed by atoms with Gasteiger partial charge in [-0.2, -0.15) is 0 Å². The van der Waals surface area contributed by atoms with Crippen molar-refractivity contribution in [3.8, 4) is 11.1 Å². The van der Waals surface area contributed by atoms with E-state index in [9.17, 15) is 19.3 Å². The molecule has 102 valence electrons. The van der Waals surface area contributed by atoms with E-state index in [4.69, 9.17) is 5.11 Å². The Morgan fingerprint density at radius 2 is 1.95 bits per heavy atom. The topological polar surface area (TPSA) is 80.4 Å². The van der Waals surface area contributed by atoms with Crippen LogP contribution in [-0.4, -0.2) is 16.0 Å². The van der Waals surface area contributed by atoms with Crippen LogP contribution < -0.4 is 0 Å². The van der Waals surface area contributed by atoms with Gasteiger partial charge in [0, 0.05) is 22.2 Å². The number of hydrogen-bond donors (Lipinski definition) is 1. The molecule has 2 rings (SSSR count). The maximum atomic E-state index is 13.8. The molecule has 0 fully saturated rings. The Bertz CT molecular complexity index is 685. The number of benzene rings is 2. The zero-order valence-corrected chi connectivity index (χ0v) is 11.4. The van der Waals surface area contributed by atoms with Gasteiger partial charge in [0.05, 0.1) is 10.5 Å². The number of carboxylic acids is 1. The van der Waals surface area contributed by atoms with Crippen molar-refractivity contribution in [1.82, 2.24) is 0 Å². The number of nitro groups is 1. The van der Waals surface area contributed by atoms with Crippen LogP contribution in [0.2, 0.25) is 0 Å². The van der Waals surface area contributed by atoms with E-state index < -0.39 is 22.4 Å². The smallest absolute Gasteiger partial charge is 0.335 e. The van der Waals surface area contributed by atoms with E-state index in [1.54, 1.807) is 0 Å². The van der Waals surface area contributed by atoms with Gasteiger partial charge in [0.1, 0.15) is 5.82 Å². The fourth-order valence-corrected chi connectivity index (χ4v) is 2.08. The lowest BCUT2D eigenvalue weighted by atomic mass is 10.0. The molecular formula is C13H7BrFNO4. The molecule has 0 aromatic heterocycles. The summed E-state index contributed by atoms with van der Waals surface area (Å²) in [6.45, 7) is 0. The number of non-ortho nitro benzene ring substituents is 1. The van der Waals surface area contributed by atoms with Crippen molar-refractivity contribution in [2.75, 3.05) is 0 Å². The number of carbonyl (C=O) groups is 1. The van der Waals surface area contributed by atoms with Crippen LogP contribution in [0, 0.1) is 15.9 Å². The summed E-state index contributed by atoms with van der Waals surface area (Å²) in [5, 5.41) is 19.8. The van der Waals surface area contributed by atoms with Crippen LogP contribution in [0.4, 0.5) is 10.1 Å². The first kappa shape index (κ1) is 14.1. The normalized spacial score (nSPS) is 10.3. The van der Waals surface area contributed by atoms with E-state index in [-0.39, 0.29) is 16.7 Å². The second-order valence-electron chi connectivity index (χ2n) is 3.95. The summed E-state index contributed by atoms with van der Waals surface area (Å²) in [6, 6.07) is 7.37. The predicted molar refractivity (Wildman–Crippen MR) is 73.1 cm³/mol. The van der Waals surface area contributed by atoms with E-state index in [1.807, 2.05) is 0 Å². The molecule has 1 N–H and O–H groups in total. The molecule has 0 saturated heterocycles. The fourth-order valence-electron chi connectivity index (χ4n) is 1.71. The van der Waals surface area contributed by atoms with Crippen molar-refractivity contribution in [3.63, 3.8) is 0 Å². The lowest BCUT2D eigenvalue weighted by molar-refractivity contribution is -0.384.